The van der Waals surface area contributed by atoms with Crippen LogP contribution in [0.25, 0.3) is 0 Å². The van der Waals surface area contributed by atoms with E-state index < -0.39 is 10.0 Å². The second-order valence-corrected chi connectivity index (χ2v) is 8.35. The van der Waals surface area contributed by atoms with Crippen LogP contribution in [-0.2, 0) is 16.6 Å². The van der Waals surface area contributed by atoms with Gasteiger partial charge >= 0.3 is 0 Å². The minimum atomic E-state index is -3.25. The number of amides is 1. The summed E-state index contributed by atoms with van der Waals surface area (Å²) in [6.07, 6.45) is 4.23. The quantitative estimate of drug-likeness (QED) is 0.844. The third kappa shape index (κ3) is 4.19. The Morgan fingerprint density at radius 3 is 2.88 bits per heavy atom. The van der Waals surface area contributed by atoms with Gasteiger partial charge in [0.05, 0.1) is 11.4 Å². The van der Waals surface area contributed by atoms with Crippen LogP contribution < -0.4 is 9.62 Å². The average Bonchev–Trinajstić information content (AvgIpc) is 3.21. The van der Waals surface area contributed by atoms with Crippen molar-refractivity contribution in [3.63, 3.8) is 0 Å². The van der Waals surface area contributed by atoms with Crippen molar-refractivity contribution >= 4 is 21.6 Å². The third-order valence-electron chi connectivity index (χ3n) is 4.16. The number of carbonyl (C=O) groups is 1. The van der Waals surface area contributed by atoms with Crippen molar-refractivity contribution in [2.24, 2.45) is 5.92 Å². The van der Waals surface area contributed by atoms with Crippen molar-refractivity contribution in [3.05, 3.63) is 48.3 Å². The zero-order valence-corrected chi connectivity index (χ0v) is 14.9. The molecule has 8 heteroatoms. The van der Waals surface area contributed by atoms with Crippen LogP contribution in [0.5, 0.6) is 0 Å². The van der Waals surface area contributed by atoms with Crippen molar-refractivity contribution in [1.82, 2.24) is 15.1 Å². The molecule has 0 aliphatic carbocycles. The average molecular weight is 362 g/mol. The Morgan fingerprint density at radius 2 is 2.20 bits per heavy atom. The van der Waals surface area contributed by atoms with Crippen LogP contribution in [0.15, 0.2) is 42.7 Å². The maximum absolute atomic E-state index is 12.4. The molecule has 1 N–H and O–H groups in total. The zero-order valence-electron chi connectivity index (χ0n) is 14.1. The van der Waals surface area contributed by atoms with Gasteiger partial charge in [0.2, 0.25) is 10.0 Å². The molecule has 0 radical (unpaired) electrons. The number of nitrogens with one attached hydrogen (secondary N) is 1. The van der Waals surface area contributed by atoms with E-state index in [1.54, 1.807) is 30.5 Å². The van der Waals surface area contributed by atoms with Gasteiger partial charge in [0, 0.05) is 37.6 Å². The summed E-state index contributed by atoms with van der Waals surface area (Å²) in [7, 11) is -3.25. The van der Waals surface area contributed by atoms with Crippen LogP contribution in [0.2, 0.25) is 0 Å². The Hall–Kier alpha value is -2.35. The van der Waals surface area contributed by atoms with E-state index >= 15 is 0 Å². The van der Waals surface area contributed by atoms with Gasteiger partial charge in [-0.2, -0.15) is 5.10 Å². The van der Waals surface area contributed by atoms with Gasteiger partial charge in [-0.3, -0.25) is 13.8 Å². The second kappa shape index (κ2) is 7.26. The topological polar surface area (TPSA) is 84.3 Å². The summed E-state index contributed by atoms with van der Waals surface area (Å²) in [6.45, 7) is 3.74. The fraction of sp³-hybridized carbons (Fsp3) is 0.412. The standard InChI is InChI=1S/C17H22N4O3S/c1-14(13-20-8-3-7-19-20)12-18-17(22)15-5-2-6-16(11-15)21-9-4-10-25(21,23)24/h2-3,5-8,11,14H,4,9-10,12-13H2,1H3,(H,18,22). The number of carbonyl (C=O) groups excluding carboxylic acids is 1. The van der Waals surface area contributed by atoms with Gasteiger partial charge in [0.15, 0.2) is 0 Å². The number of benzene rings is 1. The fourth-order valence-electron chi connectivity index (χ4n) is 2.89. The van der Waals surface area contributed by atoms with E-state index in [2.05, 4.69) is 10.4 Å². The van der Waals surface area contributed by atoms with E-state index in [-0.39, 0.29) is 17.6 Å². The normalized spacial score (nSPS) is 17.4. The van der Waals surface area contributed by atoms with Crippen molar-refractivity contribution in [1.29, 1.82) is 0 Å². The molecule has 1 aliphatic heterocycles. The first-order chi connectivity index (χ1) is 12.0. The van der Waals surface area contributed by atoms with Gasteiger partial charge in [-0.05, 0) is 36.6 Å². The molecular weight excluding hydrogens is 340 g/mol. The minimum absolute atomic E-state index is 0.161. The molecule has 2 aromatic rings. The summed E-state index contributed by atoms with van der Waals surface area (Å²) >= 11 is 0. The second-order valence-electron chi connectivity index (χ2n) is 6.34. The molecular formula is C17H22N4O3S. The van der Waals surface area contributed by atoms with Crippen LogP contribution in [0.4, 0.5) is 5.69 Å². The summed E-state index contributed by atoms with van der Waals surface area (Å²) < 4.78 is 27.3. The molecule has 1 aliphatic rings. The highest BCUT2D eigenvalue weighted by atomic mass is 32.2. The first-order valence-electron chi connectivity index (χ1n) is 8.32. The highest BCUT2D eigenvalue weighted by Gasteiger charge is 2.28. The molecule has 0 spiro atoms. The number of rotatable bonds is 6. The molecule has 0 bridgehead atoms. The molecule has 1 aromatic carbocycles. The smallest absolute Gasteiger partial charge is 0.251 e. The molecule has 1 saturated heterocycles. The van der Waals surface area contributed by atoms with Crippen LogP contribution in [-0.4, -0.2) is 42.9 Å². The lowest BCUT2D eigenvalue weighted by atomic mass is 10.1. The first kappa shape index (κ1) is 17.5. The first-order valence-corrected chi connectivity index (χ1v) is 9.93. The fourth-order valence-corrected chi connectivity index (χ4v) is 4.45. The molecule has 3 rings (SSSR count). The number of anilines is 1. The summed E-state index contributed by atoms with van der Waals surface area (Å²) in [5.74, 6) is 0.186. The Morgan fingerprint density at radius 1 is 1.36 bits per heavy atom. The number of hydrogen-bond donors (Lipinski definition) is 1. The minimum Gasteiger partial charge on any atom is -0.352 e. The number of sulfonamides is 1. The molecule has 1 fully saturated rings. The predicted octanol–water partition coefficient (Wildman–Crippen LogP) is 1.49. The molecule has 1 unspecified atom stereocenters. The van der Waals surface area contributed by atoms with E-state index in [9.17, 15) is 13.2 Å². The highest BCUT2D eigenvalue weighted by molar-refractivity contribution is 7.93. The molecule has 7 nitrogen and oxygen atoms in total. The lowest BCUT2D eigenvalue weighted by molar-refractivity contribution is 0.0946. The maximum Gasteiger partial charge on any atom is 0.251 e. The maximum atomic E-state index is 12.4. The Kier molecular flexibility index (Phi) is 5.08. The van der Waals surface area contributed by atoms with Crippen molar-refractivity contribution in [2.75, 3.05) is 23.1 Å². The lowest BCUT2D eigenvalue weighted by Crippen LogP contribution is -2.30. The van der Waals surface area contributed by atoms with E-state index in [1.807, 2.05) is 23.9 Å². The Bertz CT molecular complexity index is 833. The van der Waals surface area contributed by atoms with E-state index in [4.69, 9.17) is 0 Å². The van der Waals surface area contributed by atoms with Gasteiger partial charge in [0.1, 0.15) is 0 Å². The van der Waals surface area contributed by atoms with Crippen LogP contribution >= 0.6 is 0 Å². The van der Waals surface area contributed by atoms with E-state index in [0.29, 0.717) is 30.8 Å². The number of aromatic nitrogens is 2. The largest absolute Gasteiger partial charge is 0.352 e. The van der Waals surface area contributed by atoms with Crippen molar-refractivity contribution in [3.8, 4) is 0 Å². The third-order valence-corrected chi connectivity index (χ3v) is 6.03. The van der Waals surface area contributed by atoms with Crippen LogP contribution in [0, 0.1) is 5.92 Å². The summed E-state index contributed by atoms with van der Waals surface area (Å²) in [4.78, 5) is 12.4. The zero-order chi connectivity index (χ0) is 17.9. The SMILES string of the molecule is CC(CNC(=O)c1cccc(N2CCCS2(=O)=O)c1)Cn1cccn1. The number of hydrogen-bond acceptors (Lipinski definition) is 4. The molecule has 134 valence electrons. The van der Waals surface area contributed by atoms with Gasteiger partial charge in [0.25, 0.3) is 5.91 Å². The summed E-state index contributed by atoms with van der Waals surface area (Å²) in [6, 6.07) is 8.63. The Balaban J connectivity index is 1.61. The van der Waals surface area contributed by atoms with Gasteiger partial charge in [-0.1, -0.05) is 13.0 Å². The van der Waals surface area contributed by atoms with Crippen LogP contribution in [0.3, 0.4) is 0 Å². The molecule has 1 amide bonds. The monoisotopic (exact) mass is 362 g/mol. The Labute approximate surface area is 147 Å². The molecule has 0 saturated carbocycles. The van der Waals surface area contributed by atoms with E-state index in [0.717, 1.165) is 6.54 Å². The molecule has 2 heterocycles. The van der Waals surface area contributed by atoms with Crippen molar-refractivity contribution in [2.45, 2.75) is 19.9 Å². The van der Waals surface area contributed by atoms with E-state index in [1.165, 1.54) is 4.31 Å². The molecule has 1 atom stereocenters. The summed E-state index contributed by atoms with van der Waals surface area (Å²) in [5.41, 5.74) is 1.01. The highest BCUT2D eigenvalue weighted by Crippen LogP contribution is 2.24. The van der Waals surface area contributed by atoms with Gasteiger partial charge in [-0.15, -0.1) is 0 Å². The molecule has 25 heavy (non-hydrogen) atoms. The van der Waals surface area contributed by atoms with Crippen LogP contribution in [0.1, 0.15) is 23.7 Å². The van der Waals surface area contributed by atoms with Gasteiger partial charge < -0.3 is 5.32 Å². The van der Waals surface area contributed by atoms with Crippen molar-refractivity contribution < 1.29 is 13.2 Å². The number of nitrogens with zero attached hydrogens (tertiary/aromatic N) is 3. The van der Waals surface area contributed by atoms with Gasteiger partial charge in [-0.25, -0.2) is 8.42 Å². The predicted molar refractivity (Wildman–Crippen MR) is 95.9 cm³/mol. The lowest BCUT2D eigenvalue weighted by Gasteiger charge is -2.18. The summed E-state index contributed by atoms with van der Waals surface area (Å²) in [5, 5.41) is 7.05. The molecule has 1 aromatic heterocycles.